The zero-order valence-corrected chi connectivity index (χ0v) is 22.8. The van der Waals surface area contributed by atoms with Crippen LogP contribution in [0.2, 0.25) is 15.1 Å². The van der Waals surface area contributed by atoms with Crippen LogP contribution in [0, 0.1) is 0 Å². The Hall–Kier alpha value is -3.12. The van der Waals surface area contributed by atoms with E-state index in [1.807, 2.05) is 18.6 Å². The molecule has 2 aromatic carbocycles. The largest absolute Gasteiger partial charge is 0.332 e. The van der Waals surface area contributed by atoms with Crippen LogP contribution in [0.1, 0.15) is 36.8 Å². The van der Waals surface area contributed by atoms with Crippen molar-refractivity contribution in [3.8, 4) is 5.69 Å². The highest BCUT2D eigenvalue weighted by atomic mass is 35.5. The number of halogens is 3. The molecule has 2 aromatic heterocycles. The first kappa shape index (κ1) is 26.9. The zero-order chi connectivity index (χ0) is 27.1. The molecule has 0 saturated heterocycles. The number of hydrogen-bond acceptors (Lipinski definition) is 6. The van der Waals surface area contributed by atoms with Gasteiger partial charge in [0.05, 0.1) is 22.0 Å². The molecule has 0 aliphatic carbocycles. The number of benzene rings is 2. The van der Waals surface area contributed by atoms with Crippen LogP contribution in [0.15, 0.2) is 41.2 Å². The predicted octanol–water partition coefficient (Wildman–Crippen LogP) is 4.86. The Bertz CT molecular complexity index is 1660. The highest BCUT2D eigenvalue weighted by Crippen LogP contribution is 2.34. The Morgan fingerprint density at radius 1 is 1.11 bits per heavy atom. The number of aromatic amines is 1. The van der Waals surface area contributed by atoms with Gasteiger partial charge in [-0.15, -0.1) is 0 Å². The van der Waals surface area contributed by atoms with Crippen molar-refractivity contribution in [1.29, 1.82) is 0 Å². The van der Waals surface area contributed by atoms with Crippen LogP contribution in [0.4, 0.5) is 10.5 Å². The van der Waals surface area contributed by atoms with Gasteiger partial charge < -0.3 is 10.3 Å². The van der Waals surface area contributed by atoms with E-state index in [9.17, 15) is 18.0 Å². The number of nitrogens with one attached hydrogen (secondary N) is 3. The first-order chi connectivity index (χ1) is 17.3. The maximum Gasteiger partial charge on any atom is 0.332 e. The molecule has 0 fully saturated rings. The number of amides is 2. The average molecular weight is 584 g/mol. The summed E-state index contributed by atoms with van der Waals surface area (Å²) in [4.78, 5) is 32.4. The van der Waals surface area contributed by atoms with Crippen molar-refractivity contribution < 1.29 is 13.2 Å². The zero-order valence-electron chi connectivity index (χ0n) is 19.8. The summed E-state index contributed by atoms with van der Waals surface area (Å²) in [6.45, 7) is 3.83. The van der Waals surface area contributed by atoms with E-state index in [1.54, 1.807) is 24.3 Å². The van der Waals surface area contributed by atoms with Crippen LogP contribution < -0.4 is 15.6 Å². The van der Waals surface area contributed by atoms with Gasteiger partial charge >= 0.3 is 6.03 Å². The molecular weight excluding hydrogens is 563 g/mol. The van der Waals surface area contributed by atoms with E-state index in [2.05, 4.69) is 20.4 Å². The molecule has 4 aromatic rings. The number of rotatable bonds is 6. The molecule has 2 amide bonds. The van der Waals surface area contributed by atoms with Crippen molar-refractivity contribution in [2.45, 2.75) is 26.2 Å². The van der Waals surface area contributed by atoms with Gasteiger partial charge in [-0.25, -0.2) is 27.6 Å². The van der Waals surface area contributed by atoms with Crippen LogP contribution in [0.25, 0.3) is 16.7 Å². The summed E-state index contributed by atoms with van der Waals surface area (Å²) < 4.78 is 25.6. The van der Waals surface area contributed by atoms with Gasteiger partial charge in [-0.2, -0.15) is 5.10 Å². The van der Waals surface area contributed by atoms with E-state index in [0.717, 1.165) is 11.8 Å². The fourth-order valence-corrected chi connectivity index (χ4v) is 5.07. The lowest BCUT2D eigenvalue weighted by molar-refractivity contribution is 0.256. The summed E-state index contributed by atoms with van der Waals surface area (Å²) in [7, 11) is -3.68. The van der Waals surface area contributed by atoms with Crippen LogP contribution in [0.5, 0.6) is 0 Å². The molecule has 194 valence electrons. The van der Waals surface area contributed by atoms with Gasteiger partial charge in [-0.3, -0.25) is 4.79 Å². The van der Waals surface area contributed by atoms with Gasteiger partial charge in [-0.05, 0) is 35.7 Å². The highest BCUT2D eigenvalue weighted by molar-refractivity contribution is 7.89. The number of carbonyl (C=O) groups is 1. The lowest BCUT2D eigenvalue weighted by Crippen LogP contribution is -2.33. The van der Waals surface area contributed by atoms with Crippen LogP contribution in [-0.2, 0) is 16.4 Å². The van der Waals surface area contributed by atoms with Crippen LogP contribution in [0.3, 0.4) is 0 Å². The number of nitrogens with zero attached hydrogens (tertiary/aromatic N) is 3. The van der Waals surface area contributed by atoms with Gasteiger partial charge in [0.15, 0.2) is 5.65 Å². The first-order valence-corrected chi connectivity index (χ1v) is 13.9. The average Bonchev–Trinajstić information content (AvgIpc) is 3.13. The van der Waals surface area contributed by atoms with Crippen molar-refractivity contribution in [1.82, 2.24) is 24.5 Å². The summed E-state index contributed by atoms with van der Waals surface area (Å²) in [6.07, 6.45) is 1.14. The lowest BCUT2D eigenvalue weighted by atomic mass is 10.1. The Balaban J connectivity index is 1.71. The van der Waals surface area contributed by atoms with Gasteiger partial charge in [-0.1, -0.05) is 60.8 Å². The number of carbonyl (C=O) groups excluding carboxylic acids is 1. The maximum absolute atomic E-state index is 13.1. The molecule has 4 rings (SSSR count). The van der Waals surface area contributed by atoms with E-state index in [1.165, 1.54) is 16.8 Å². The molecule has 0 unspecified atom stereocenters. The highest BCUT2D eigenvalue weighted by Gasteiger charge is 2.23. The lowest BCUT2D eigenvalue weighted by Gasteiger charge is -2.10. The number of sulfonamides is 1. The molecule has 0 bridgehead atoms. The molecule has 0 aliphatic heterocycles. The number of aromatic nitrogens is 4. The molecule has 0 saturated carbocycles. The van der Waals surface area contributed by atoms with E-state index >= 15 is 0 Å². The molecule has 0 radical (unpaired) electrons. The Morgan fingerprint density at radius 2 is 1.73 bits per heavy atom. The molecule has 0 spiro atoms. The standard InChI is InChI=1S/C23H21Cl3N6O4S/c1-11(2)19-18-21(32(30-19)20-15(25)9-13(24)10-16(20)26)28-17(29-22(18)33)8-12-4-6-14(7-5-12)27-23(34)31-37(3,35)36/h4-7,9-11H,8H2,1-3H3,(H2,27,31,34)(H,28,29,33). The Kier molecular flexibility index (Phi) is 7.52. The van der Waals surface area contributed by atoms with Gasteiger partial charge in [0, 0.05) is 17.1 Å². The smallest absolute Gasteiger partial charge is 0.310 e. The van der Waals surface area contributed by atoms with E-state index in [4.69, 9.17) is 34.8 Å². The number of urea groups is 1. The molecule has 0 atom stereocenters. The van der Waals surface area contributed by atoms with Crippen LogP contribution in [-0.4, -0.2) is 40.5 Å². The van der Waals surface area contributed by atoms with Gasteiger partial charge in [0.1, 0.15) is 16.9 Å². The van der Waals surface area contributed by atoms with E-state index < -0.39 is 16.1 Å². The first-order valence-electron chi connectivity index (χ1n) is 10.9. The van der Waals surface area contributed by atoms with Crippen molar-refractivity contribution in [2.24, 2.45) is 0 Å². The molecule has 2 heterocycles. The molecule has 14 heteroatoms. The number of hydrogen-bond donors (Lipinski definition) is 3. The third-order valence-corrected chi connectivity index (χ3v) is 6.57. The third-order valence-electron chi connectivity index (χ3n) is 5.22. The molecule has 37 heavy (non-hydrogen) atoms. The summed E-state index contributed by atoms with van der Waals surface area (Å²) in [5.41, 5.74) is 2.00. The minimum Gasteiger partial charge on any atom is -0.310 e. The molecule has 0 aliphatic rings. The summed E-state index contributed by atoms with van der Waals surface area (Å²) in [6, 6.07) is 8.82. The topological polar surface area (TPSA) is 139 Å². The number of H-pyrrole nitrogens is 1. The minimum absolute atomic E-state index is 0.0812. The van der Waals surface area contributed by atoms with E-state index in [-0.39, 0.29) is 27.9 Å². The second kappa shape index (κ2) is 10.3. The Labute approximate surface area is 227 Å². The SMILES string of the molecule is CC(C)c1nn(-c2c(Cl)cc(Cl)cc2Cl)c2nc(Cc3ccc(NC(=O)NS(C)(=O)=O)cc3)[nH]c(=O)c12. The monoisotopic (exact) mass is 582 g/mol. The normalized spacial score (nSPS) is 11.8. The summed E-state index contributed by atoms with van der Waals surface area (Å²) >= 11 is 19.0. The second-order valence-corrected chi connectivity index (χ2v) is 11.6. The van der Waals surface area contributed by atoms with Gasteiger partial charge in [0.2, 0.25) is 10.0 Å². The number of anilines is 1. The quantitative estimate of drug-likeness (QED) is 0.296. The maximum atomic E-state index is 13.1. The van der Waals surface area contributed by atoms with E-state index in [0.29, 0.717) is 38.9 Å². The second-order valence-electron chi connectivity index (χ2n) is 8.58. The van der Waals surface area contributed by atoms with Crippen LogP contribution >= 0.6 is 34.8 Å². The van der Waals surface area contributed by atoms with Crippen molar-refractivity contribution >= 4 is 67.6 Å². The van der Waals surface area contributed by atoms with Crippen molar-refractivity contribution in [2.75, 3.05) is 11.6 Å². The van der Waals surface area contributed by atoms with Gasteiger partial charge in [0.25, 0.3) is 5.56 Å². The molecule has 3 N–H and O–H groups in total. The summed E-state index contributed by atoms with van der Waals surface area (Å²) in [5, 5.41) is 8.24. The summed E-state index contributed by atoms with van der Waals surface area (Å²) in [5.74, 6) is 0.285. The fourth-order valence-electron chi connectivity index (χ4n) is 3.70. The van der Waals surface area contributed by atoms with Crippen molar-refractivity contribution in [3.63, 3.8) is 0 Å². The minimum atomic E-state index is -3.68. The van der Waals surface area contributed by atoms with Crippen molar-refractivity contribution in [3.05, 3.63) is 78.9 Å². The third kappa shape index (κ3) is 6.07. The fraction of sp³-hybridized carbons (Fsp3) is 0.217. The number of fused-ring (bicyclic) bond motifs is 1. The molecular formula is C23H21Cl3N6O4S. The Morgan fingerprint density at radius 3 is 2.30 bits per heavy atom. The predicted molar refractivity (Wildman–Crippen MR) is 145 cm³/mol. The molecule has 10 nitrogen and oxygen atoms in total.